The Kier molecular flexibility index (Phi) is 1.84. The first-order chi connectivity index (χ1) is 5.47. The van der Waals surface area contributed by atoms with Gasteiger partial charge in [-0.15, -0.1) is 0 Å². The van der Waals surface area contributed by atoms with Crippen molar-refractivity contribution < 1.29 is 0 Å². The zero-order valence-electron chi connectivity index (χ0n) is 6.71. The van der Waals surface area contributed by atoms with Crippen LogP contribution < -0.4 is 5.32 Å². The molecule has 0 aromatic rings. The Morgan fingerprint density at radius 3 is 3.36 bits per heavy atom. The van der Waals surface area contributed by atoms with Gasteiger partial charge in [0.1, 0.15) is 5.82 Å². The van der Waals surface area contributed by atoms with Crippen molar-refractivity contribution in [3.8, 4) is 0 Å². The predicted molar refractivity (Wildman–Crippen MR) is 46.0 cm³/mol. The first-order valence-corrected chi connectivity index (χ1v) is 4.32. The minimum absolute atomic E-state index is 1.11. The molecule has 1 saturated heterocycles. The molecule has 11 heavy (non-hydrogen) atoms. The summed E-state index contributed by atoms with van der Waals surface area (Å²) >= 11 is 0. The van der Waals surface area contributed by atoms with E-state index < -0.39 is 0 Å². The van der Waals surface area contributed by atoms with Crippen LogP contribution >= 0.6 is 0 Å². The van der Waals surface area contributed by atoms with Crippen molar-refractivity contribution in [3.05, 3.63) is 24.0 Å². The second kappa shape index (κ2) is 2.99. The summed E-state index contributed by atoms with van der Waals surface area (Å²) in [5, 5.41) is 3.36. The molecule has 2 heteroatoms. The third-order valence-electron chi connectivity index (χ3n) is 2.22. The normalized spacial score (nSPS) is 30.9. The highest BCUT2D eigenvalue weighted by atomic mass is 15.3. The summed E-state index contributed by atoms with van der Waals surface area (Å²) in [5.74, 6) is 1.31. The van der Waals surface area contributed by atoms with E-state index >= 15 is 0 Å². The largest absolute Gasteiger partial charge is 0.370 e. The van der Waals surface area contributed by atoms with E-state index in [9.17, 15) is 0 Å². The monoisotopic (exact) mass is 150 g/mol. The van der Waals surface area contributed by atoms with Gasteiger partial charge in [0.15, 0.2) is 0 Å². The fraction of sp³-hybridized carbons (Fsp3) is 0.556. The molecule has 0 atom stereocenters. The van der Waals surface area contributed by atoms with Crippen molar-refractivity contribution >= 4 is 0 Å². The summed E-state index contributed by atoms with van der Waals surface area (Å²) in [6, 6.07) is 0. The lowest BCUT2D eigenvalue weighted by Crippen LogP contribution is -2.21. The molecule has 2 rings (SSSR count). The van der Waals surface area contributed by atoms with Gasteiger partial charge in [-0.3, -0.25) is 0 Å². The molecule has 0 aromatic carbocycles. The first-order valence-electron chi connectivity index (χ1n) is 4.32. The zero-order valence-corrected chi connectivity index (χ0v) is 6.71. The molecule has 0 bridgehead atoms. The highest BCUT2D eigenvalue weighted by Crippen LogP contribution is 2.11. The third-order valence-corrected chi connectivity index (χ3v) is 2.22. The van der Waals surface area contributed by atoms with Crippen LogP contribution in [0.15, 0.2) is 24.0 Å². The van der Waals surface area contributed by atoms with Gasteiger partial charge >= 0.3 is 0 Å². The van der Waals surface area contributed by atoms with Crippen LogP contribution in [0.3, 0.4) is 0 Å². The van der Waals surface area contributed by atoms with Gasteiger partial charge in [0.2, 0.25) is 0 Å². The van der Waals surface area contributed by atoms with E-state index in [0.29, 0.717) is 0 Å². The second-order valence-corrected chi connectivity index (χ2v) is 3.04. The second-order valence-electron chi connectivity index (χ2n) is 3.04. The molecule has 2 aliphatic rings. The summed E-state index contributed by atoms with van der Waals surface area (Å²) in [5.41, 5.74) is 0. The molecule has 1 fully saturated rings. The average Bonchev–Trinajstić information content (AvgIpc) is 2.35. The van der Waals surface area contributed by atoms with Crippen molar-refractivity contribution in [2.75, 3.05) is 19.6 Å². The maximum absolute atomic E-state index is 3.36. The summed E-state index contributed by atoms with van der Waals surface area (Å²) in [7, 11) is 0. The smallest absolute Gasteiger partial charge is 0.101 e. The van der Waals surface area contributed by atoms with E-state index in [4.69, 9.17) is 0 Å². The Hall–Kier alpha value is -0.920. The van der Waals surface area contributed by atoms with Crippen LogP contribution in [0.25, 0.3) is 0 Å². The SMILES string of the molecule is C1=C\CCCN2CCN/C2=C/1. The number of hydrogen-bond acceptors (Lipinski definition) is 2. The molecule has 2 heterocycles. The maximum Gasteiger partial charge on any atom is 0.101 e. The van der Waals surface area contributed by atoms with Crippen LogP contribution in [0.1, 0.15) is 12.8 Å². The molecule has 0 saturated carbocycles. The van der Waals surface area contributed by atoms with Crippen molar-refractivity contribution in [2.45, 2.75) is 12.8 Å². The Balaban J connectivity index is 2.14. The lowest BCUT2D eigenvalue weighted by molar-refractivity contribution is 0.387. The van der Waals surface area contributed by atoms with Gasteiger partial charge in [-0.25, -0.2) is 0 Å². The van der Waals surface area contributed by atoms with Crippen LogP contribution in [0, 0.1) is 0 Å². The summed E-state index contributed by atoms with van der Waals surface area (Å²) in [6.07, 6.45) is 9.08. The highest BCUT2D eigenvalue weighted by molar-refractivity contribution is 5.14. The lowest BCUT2D eigenvalue weighted by Gasteiger charge is -2.18. The number of nitrogens with one attached hydrogen (secondary N) is 1. The fourth-order valence-electron chi connectivity index (χ4n) is 1.60. The molecule has 0 unspecified atom stereocenters. The molecule has 2 nitrogen and oxygen atoms in total. The van der Waals surface area contributed by atoms with Gasteiger partial charge in [-0.2, -0.15) is 0 Å². The van der Waals surface area contributed by atoms with E-state index in [1.165, 1.54) is 31.8 Å². The van der Waals surface area contributed by atoms with Gasteiger partial charge in [0.25, 0.3) is 0 Å². The molecular weight excluding hydrogens is 136 g/mol. The molecule has 0 spiro atoms. The number of hydrogen-bond donors (Lipinski definition) is 1. The van der Waals surface area contributed by atoms with Gasteiger partial charge in [-0.1, -0.05) is 12.2 Å². The molecule has 60 valence electrons. The van der Waals surface area contributed by atoms with Gasteiger partial charge in [0, 0.05) is 19.6 Å². The van der Waals surface area contributed by atoms with Crippen LogP contribution in [-0.4, -0.2) is 24.5 Å². The van der Waals surface area contributed by atoms with Crippen molar-refractivity contribution in [1.82, 2.24) is 10.2 Å². The standard InChI is InChI=1S/C9H14N2/c1-2-4-7-11-8-6-10-9(11)5-3-1/h1,3,5,10H,2,4,6-8H2/b3-1-,9-5-. The number of allylic oxidation sites excluding steroid dienone is 3. The van der Waals surface area contributed by atoms with Crippen LogP contribution in [0.2, 0.25) is 0 Å². The zero-order chi connectivity index (χ0) is 7.52. The number of nitrogens with zero attached hydrogens (tertiary/aromatic N) is 1. The van der Waals surface area contributed by atoms with E-state index in [2.05, 4.69) is 28.4 Å². The van der Waals surface area contributed by atoms with Crippen LogP contribution in [0.4, 0.5) is 0 Å². The van der Waals surface area contributed by atoms with Crippen LogP contribution in [0.5, 0.6) is 0 Å². The van der Waals surface area contributed by atoms with Crippen LogP contribution in [-0.2, 0) is 0 Å². The van der Waals surface area contributed by atoms with Gasteiger partial charge in [0.05, 0.1) is 0 Å². The van der Waals surface area contributed by atoms with Gasteiger partial charge < -0.3 is 10.2 Å². The van der Waals surface area contributed by atoms with E-state index in [-0.39, 0.29) is 0 Å². The number of rotatable bonds is 0. The molecule has 1 N–H and O–H groups in total. The Morgan fingerprint density at radius 2 is 2.36 bits per heavy atom. The van der Waals surface area contributed by atoms with E-state index in [1.807, 2.05) is 0 Å². The van der Waals surface area contributed by atoms with Crippen molar-refractivity contribution in [2.24, 2.45) is 0 Å². The lowest BCUT2D eigenvalue weighted by atomic mass is 10.2. The highest BCUT2D eigenvalue weighted by Gasteiger charge is 2.14. The minimum Gasteiger partial charge on any atom is -0.370 e. The summed E-state index contributed by atoms with van der Waals surface area (Å²) < 4.78 is 0. The van der Waals surface area contributed by atoms with E-state index in [0.717, 1.165) is 6.54 Å². The molecule has 0 amide bonds. The maximum atomic E-state index is 3.36. The summed E-state index contributed by atoms with van der Waals surface area (Å²) in [4.78, 5) is 2.42. The van der Waals surface area contributed by atoms with Gasteiger partial charge in [-0.05, 0) is 18.9 Å². The molecule has 2 aliphatic heterocycles. The summed E-state index contributed by atoms with van der Waals surface area (Å²) in [6.45, 7) is 3.50. The molecular formula is C9H14N2. The molecule has 0 radical (unpaired) electrons. The van der Waals surface area contributed by atoms with E-state index in [1.54, 1.807) is 0 Å². The first kappa shape index (κ1) is 6.77. The predicted octanol–water partition coefficient (Wildman–Crippen LogP) is 1.08. The topological polar surface area (TPSA) is 15.3 Å². The quantitative estimate of drug-likeness (QED) is 0.556. The average molecular weight is 150 g/mol. The molecule has 0 aliphatic carbocycles. The Morgan fingerprint density at radius 1 is 1.36 bits per heavy atom. The Labute approximate surface area is 67.6 Å². The van der Waals surface area contributed by atoms with Crippen molar-refractivity contribution in [1.29, 1.82) is 0 Å². The Bertz CT molecular complexity index is 194. The third kappa shape index (κ3) is 1.39. The van der Waals surface area contributed by atoms with Crippen molar-refractivity contribution in [3.63, 3.8) is 0 Å². The minimum atomic E-state index is 1.11. The molecule has 0 aromatic heterocycles. The number of fused-ring (bicyclic) bond motifs is 1. The fourth-order valence-corrected chi connectivity index (χ4v) is 1.60.